The minimum Gasteiger partial charge on any atom is -0.486 e. The van der Waals surface area contributed by atoms with Crippen LogP contribution in [0.1, 0.15) is 11.4 Å². The summed E-state index contributed by atoms with van der Waals surface area (Å²) in [5.41, 5.74) is -0.371. The Hall–Kier alpha value is -2.34. The Morgan fingerprint density at radius 2 is 2.05 bits per heavy atom. The van der Waals surface area contributed by atoms with E-state index in [1.165, 1.54) is 6.20 Å². The molecule has 0 unspecified atom stereocenters. The Morgan fingerprint density at radius 3 is 2.65 bits per heavy atom. The number of aromatic amines is 1. The average molecular weight is 295 g/mol. The van der Waals surface area contributed by atoms with Crippen molar-refractivity contribution in [2.45, 2.75) is 13.0 Å². The molecule has 0 spiro atoms. The third kappa shape index (κ3) is 3.83. The maximum absolute atomic E-state index is 11.6. The summed E-state index contributed by atoms with van der Waals surface area (Å²) in [4.78, 5) is 28.6. The molecule has 2 rings (SSSR count). The second kappa shape index (κ2) is 6.21. The van der Waals surface area contributed by atoms with Gasteiger partial charge >= 0.3 is 5.97 Å². The molecular formula is C13H11ClN2O4. The summed E-state index contributed by atoms with van der Waals surface area (Å²) >= 11 is 5.75. The SMILES string of the molecule is O=C(O)Cc1cnc(COc2ccc(Cl)cc2)[nH]c1=O. The number of halogens is 1. The highest BCUT2D eigenvalue weighted by Gasteiger charge is 2.07. The van der Waals surface area contributed by atoms with E-state index in [2.05, 4.69) is 9.97 Å². The molecule has 0 amide bonds. The van der Waals surface area contributed by atoms with Gasteiger partial charge < -0.3 is 14.8 Å². The van der Waals surface area contributed by atoms with E-state index in [0.717, 1.165) is 0 Å². The third-order valence-corrected chi connectivity index (χ3v) is 2.71. The highest BCUT2D eigenvalue weighted by atomic mass is 35.5. The quantitative estimate of drug-likeness (QED) is 0.874. The lowest BCUT2D eigenvalue weighted by Gasteiger charge is -2.06. The summed E-state index contributed by atoms with van der Waals surface area (Å²) in [5.74, 6) is -0.173. The Kier molecular flexibility index (Phi) is 4.37. The predicted molar refractivity (Wildman–Crippen MR) is 72.0 cm³/mol. The molecule has 1 aromatic carbocycles. The molecule has 0 saturated carbocycles. The van der Waals surface area contributed by atoms with Crippen LogP contribution in [0.5, 0.6) is 5.75 Å². The topological polar surface area (TPSA) is 92.3 Å². The van der Waals surface area contributed by atoms with Gasteiger partial charge in [0.05, 0.1) is 6.42 Å². The smallest absolute Gasteiger partial charge is 0.308 e. The van der Waals surface area contributed by atoms with Gasteiger partial charge in [0.1, 0.15) is 18.2 Å². The Balaban J connectivity index is 2.03. The highest BCUT2D eigenvalue weighted by Crippen LogP contribution is 2.16. The summed E-state index contributed by atoms with van der Waals surface area (Å²) < 4.78 is 5.42. The number of rotatable bonds is 5. The van der Waals surface area contributed by atoms with E-state index in [1.807, 2.05) is 0 Å². The number of carbonyl (C=O) groups is 1. The normalized spacial score (nSPS) is 10.2. The largest absolute Gasteiger partial charge is 0.486 e. The Bertz CT molecular complexity index is 667. The predicted octanol–water partition coefficient (Wildman–Crippen LogP) is 1.63. The number of hydrogen-bond donors (Lipinski definition) is 2. The first-order chi connectivity index (χ1) is 9.54. The zero-order chi connectivity index (χ0) is 14.5. The van der Waals surface area contributed by atoms with Crippen molar-refractivity contribution in [1.82, 2.24) is 9.97 Å². The van der Waals surface area contributed by atoms with Crippen LogP contribution >= 0.6 is 11.6 Å². The first-order valence-corrected chi connectivity index (χ1v) is 6.09. The van der Waals surface area contributed by atoms with Crippen LogP contribution in [0.3, 0.4) is 0 Å². The molecule has 2 N–H and O–H groups in total. The number of nitrogens with one attached hydrogen (secondary N) is 1. The van der Waals surface area contributed by atoms with E-state index in [4.69, 9.17) is 21.4 Å². The van der Waals surface area contributed by atoms with E-state index in [-0.39, 0.29) is 18.6 Å². The Morgan fingerprint density at radius 1 is 1.35 bits per heavy atom. The number of nitrogens with zero attached hydrogens (tertiary/aromatic N) is 1. The number of carboxylic acid groups (broad SMARTS) is 1. The van der Waals surface area contributed by atoms with Crippen molar-refractivity contribution in [3.8, 4) is 5.75 Å². The van der Waals surface area contributed by atoms with Crippen molar-refractivity contribution in [3.05, 3.63) is 57.2 Å². The third-order valence-electron chi connectivity index (χ3n) is 2.46. The zero-order valence-electron chi connectivity index (χ0n) is 10.3. The number of benzene rings is 1. The van der Waals surface area contributed by atoms with Crippen molar-refractivity contribution in [1.29, 1.82) is 0 Å². The molecule has 0 bridgehead atoms. The molecule has 2 aromatic rings. The van der Waals surface area contributed by atoms with Gasteiger partial charge in [0.2, 0.25) is 0 Å². The maximum Gasteiger partial charge on any atom is 0.308 e. The van der Waals surface area contributed by atoms with Gasteiger partial charge in [-0.2, -0.15) is 0 Å². The molecule has 0 radical (unpaired) electrons. The molecule has 0 aliphatic rings. The number of carboxylic acids is 1. The van der Waals surface area contributed by atoms with E-state index in [9.17, 15) is 9.59 Å². The molecule has 20 heavy (non-hydrogen) atoms. The van der Waals surface area contributed by atoms with Gasteiger partial charge in [-0.25, -0.2) is 4.98 Å². The molecule has 0 atom stereocenters. The summed E-state index contributed by atoms with van der Waals surface area (Å²) in [7, 11) is 0. The summed E-state index contributed by atoms with van der Waals surface area (Å²) in [6, 6.07) is 6.75. The van der Waals surface area contributed by atoms with Gasteiger partial charge in [0, 0.05) is 16.8 Å². The number of ether oxygens (including phenoxy) is 1. The van der Waals surface area contributed by atoms with Gasteiger partial charge in [-0.1, -0.05) is 11.6 Å². The molecule has 1 heterocycles. The monoisotopic (exact) mass is 294 g/mol. The standard InChI is InChI=1S/C13H11ClN2O4/c14-9-1-3-10(4-2-9)20-7-11-15-6-8(5-12(17)18)13(19)16-11/h1-4,6H,5,7H2,(H,17,18)(H,15,16,19). The molecule has 7 heteroatoms. The van der Waals surface area contributed by atoms with E-state index in [0.29, 0.717) is 16.6 Å². The van der Waals surface area contributed by atoms with Crippen LogP contribution in [0.2, 0.25) is 5.02 Å². The number of aliphatic carboxylic acids is 1. The van der Waals surface area contributed by atoms with Crippen LogP contribution < -0.4 is 10.3 Å². The molecule has 0 fully saturated rings. The molecule has 6 nitrogen and oxygen atoms in total. The van der Waals surface area contributed by atoms with Crippen molar-refractivity contribution in [3.63, 3.8) is 0 Å². The number of aromatic nitrogens is 2. The van der Waals surface area contributed by atoms with Crippen LogP contribution in [0.25, 0.3) is 0 Å². The second-order valence-corrected chi connectivity index (χ2v) is 4.43. The van der Waals surface area contributed by atoms with Crippen LogP contribution in [-0.4, -0.2) is 21.0 Å². The van der Waals surface area contributed by atoms with E-state index < -0.39 is 11.5 Å². The van der Waals surface area contributed by atoms with E-state index in [1.54, 1.807) is 24.3 Å². The van der Waals surface area contributed by atoms with Crippen LogP contribution in [-0.2, 0) is 17.8 Å². The maximum atomic E-state index is 11.6. The van der Waals surface area contributed by atoms with Gasteiger partial charge in [-0.05, 0) is 24.3 Å². The summed E-state index contributed by atoms with van der Waals surface area (Å²) in [6.07, 6.45) is 0.883. The minimum atomic E-state index is -1.08. The van der Waals surface area contributed by atoms with Crippen molar-refractivity contribution in [2.75, 3.05) is 0 Å². The molecular weight excluding hydrogens is 284 g/mol. The number of H-pyrrole nitrogens is 1. The highest BCUT2D eigenvalue weighted by molar-refractivity contribution is 6.30. The summed E-state index contributed by atoms with van der Waals surface area (Å²) in [5, 5.41) is 9.22. The van der Waals surface area contributed by atoms with Crippen molar-refractivity contribution in [2.24, 2.45) is 0 Å². The molecule has 1 aromatic heterocycles. The minimum absolute atomic E-state index is 0.0736. The lowest BCUT2D eigenvalue weighted by molar-refractivity contribution is -0.136. The van der Waals surface area contributed by atoms with Crippen molar-refractivity contribution >= 4 is 17.6 Å². The molecule has 0 aliphatic carbocycles. The lowest BCUT2D eigenvalue weighted by Crippen LogP contribution is -2.19. The first kappa shape index (κ1) is 14.1. The summed E-state index contributed by atoms with van der Waals surface area (Å²) in [6.45, 7) is 0.0736. The average Bonchev–Trinajstić information content (AvgIpc) is 2.40. The second-order valence-electron chi connectivity index (χ2n) is 4.00. The molecule has 0 saturated heterocycles. The molecule has 0 aliphatic heterocycles. The zero-order valence-corrected chi connectivity index (χ0v) is 11.1. The molecule has 104 valence electrons. The fourth-order valence-electron chi connectivity index (χ4n) is 1.50. The van der Waals surface area contributed by atoms with Crippen LogP contribution in [0.4, 0.5) is 0 Å². The van der Waals surface area contributed by atoms with E-state index >= 15 is 0 Å². The van der Waals surface area contributed by atoms with Crippen LogP contribution in [0, 0.1) is 0 Å². The lowest BCUT2D eigenvalue weighted by atomic mass is 10.2. The first-order valence-electron chi connectivity index (χ1n) is 5.72. The van der Waals surface area contributed by atoms with Gasteiger partial charge in [0.25, 0.3) is 5.56 Å². The van der Waals surface area contributed by atoms with Gasteiger partial charge in [0.15, 0.2) is 0 Å². The van der Waals surface area contributed by atoms with Crippen LogP contribution in [0.15, 0.2) is 35.3 Å². The fraction of sp³-hybridized carbons (Fsp3) is 0.154. The number of hydrogen-bond acceptors (Lipinski definition) is 4. The van der Waals surface area contributed by atoms with Crippen molar-refractivity contribution < 1.29 is 14.6 Å². The van der Waals surface area contributed by atoms with Gasteiger partial charge in [-0.3, -0.25) is 9.59 Å². The Labute approximate surface area is 119 Å². The van der Waals surface area contributed by atoms with Gasteiger partial charge in [-0.15, -0.1) is 0 Å². The fourth-order valence-corrected chi connectivity index (χ4v) is 1.63.